The molecule has 1 aromatic carbocycles. The lowest BCUT2D eigenvalue weighted by atomic mass is 9.94. The number of ether oxygens (including phenoxy) is 1. The lowest BCUT2D eigenvalue weighted by molar-refractivity contribution is 0.123. The summed E-state index contributed by atoms with van der Waals surface area (Å²) in [6.45, 7) is 8.13. The van der Waals surface area contributed by atoms with Gasteiger partial charge in [-0.3, -0.25) is 4.90 Å². The van der Waals surface area contributed by atoms with Crippen molar-refractivity contribution in [2.24, 2.45) is 5.73 Å². The molecule has 0 bridgehead atoms. The number of benzene rings is 1. The first-order chi connectivity index (χ1) is 9.62. The first-order valence-corrected chi connectivity index (χ1v) is 7.56. The van der Waals surface area contributed by atoms with Crippen molar-refractivity contribution >= 4 is 6.08 Å². The molecule has 0 aliphatic carbocycles. The molecule has 108 valence electrons. The van der Waals surface area contributed by atoms with Crippen molar-refractivity contribution in [3.8, 4) is 5.75 Å². The highest BCUT2D eigenvalue weighted by molar-refractivity contribution is 5.62. The van der Waals surface area contributed by atoms with Crippen LogP contribution in [0, 0.1) is 0 Å². The van der Waals surface area contributed by atoms with Gasteiger partial charge >= 0.3 is 0 Å². The first-order valence-electron chi connectivity index (χ1n) is 7.56. The summed E-state index contributed by atoms with van der Waals surface area (Å²) in [6.07, 6.45) is 5.53. The van der Waals surface area contributed by atoms with Gasteiger partial charge in [0.25, 0.3) is 0 Å². The summed E-state index contributed by atoms with van der Waals surface area (Å²) in [5, 5.41) is 0. The van der Waals surface area contributed by atoms with Gasteiger partial charge in [0.1, 0.15) is 11.4 Å². The van der Waals surface area contributed by atoms with Crippen LogP contribution in [0.4, 0.5) is 0 Å². The van der Waals surface area contributed by atoms with Crippen LogP contribution in [0.3, 0.4) is 0 Å². The third-order valence-electron chi connectivity index (χ3n) is 4.37. The Hall–Kier alpha value is -1.32. The third kappa shape index (κ3) is 2.48. The summed E-state index contributed by atoms with van der Waals surface area (Å²) >= 11 is 0. The molecule has 1 atom stereocenters. The fourth-order valence-electron chi connectivity index (χ4n) is 3.12. The van der Waals surface area contributed by atoms with Gasteiger partial charge in [-0.15, -0.1) is 0 Å². The number of fused-ring (bicyclic) bond motifs is 1. The van der Waals surface area contributed by atoms with Crippen molar-refractivity contribution in [2.75, 3.05) is 26.2 Å². The van der Waals surface area contributed by atoms with Crippen LogP contribution in [0.15, 0.2) is 24.3 Å². The Morgan fingerprint density at radius 3 is 3.00 bits per heavy atom. The highest BCUT2D eigenvalue weighted by Crippen LogP contribution is 2.37. The van der Waals surface area contributed by atoms with E-state index in [1.807, 2.05) is 0 Å². The second kappa shape index (κ2) is 5.23. The zero-order valence-corrected chi connectivity index (χ0v) is 12.4. The molecule has 2 N–H and O–H groups in total. The van der Waals surface area contributed by atoms with Gasteiger partial charge in [0.05, 0.1) is 0 Å². The molecule has 2 aliphatic heterocycles. The van der Waals surface area contributed by atoms with E-state index < -0.39 is 0 Å². The minimum Gasteiger partial charge on any atom is -0.481 e. The Morgan fingerprint density at radius 1 is 1.40 bits per heavy atom. The maximum Gasteiger partial charge on any atom is 0.141 e. The normalized spacial score (nSPS) is 25.2. The van der Waals surface area contributed by atoms with Crippen molar-refractivity contribution < 1.29 is 4.74 Å². The summed E-state index contributed by atoms with van der Waals surface area (Å²) in [5.74, 6) is 1.57. The zero-order valence-electron chi connectivity index (χ0n) is 12.4. The molecule has 0 amide bonds. The molecule has 1 spiro atoms. The van der Waals surface area contributed by atoms with E-state index in [2.05, 4.69) is 49.1 Å². The van der Waals surface area contributed by atoms with E-state index >= 15 is 0 Å². The molecule has 3 rings (SSSR count). The van der Waals surface area contributed by atoms with Gasteiger partial charge in [0.15, 0.2) is 0 Å². The topological polar surface area (TPSA) is 38.5 Å². The van der Waals surface area contributed by atoms with Crippen molar-refractivity contribution in [3.63, 3.8) is 0 Å². The summed E-state index contributed by atoms with van der Waals surface area (Å²) in [4.78, 5) is 2.39. The molecular weight excluding hydrogens is 248 g/mol. The Morgan fingerprint density at radius 2 is 2.25 bits per heavy atom. The lowest BCUT2D eigenvalue weighted by Crippen LogP contribution is -2.39. The van der Waals surface area contributed by atoms with Crippen LogP contribution in [0.25, 0.3) is 6.08 Å². The molecule has 0 saturated carbocycles. The van der Waals surface area contributed by atoms with E-state index in [9.17, 15) is 0 Å². The number of rotatable bonds is 3. The fraction of sp³-hybridized carbons (Fsp3) is 0.529. The Kier molecular flexibility index (Phi) is 3.57. The fourth-order valence-corrected chi connectivity index (χ4v) is 3.12. The average Bonchev–Trinajstić information content (AvgIpc) is 2.81. The summed E-state index contributed by atoms with van der Waals surface area (Å²) < 4.78 is 6.32. The van der Waals surface area contributed by atoms with E-state index in [0.29, 0.717) is 12.5 Å². The molecule has 2 aliphatic rings. The molecule has 1 unspecified atom stereocenters. The van der Waals surface area contributed by atoms with Crippen LogP contribution in [-0.4, -0.2) is 36.7 Å². The second-order valence-electron chi connectivity index (χ2n) is 6.27. The number of nitrogens with zero attached hydrogens (tertiary/aromatic N) is 1. The predicted octanol–water partition coefficient (Wildman–Crippen LogP) is 2.62. The largest absolute Gasteiger partial charge is 0.481 e. The summed E-state index contributed by atoms with van der Waals surface area (Å²) in [5.41, 5.74) is 8.08. The van der Waals surface area contributed by atoms with Gasteiger partial charge in [-0.2, -0.15) is 0 Å². The highest BCUT2D eigenvalue weighted by Gasteiger charge is 2.39. The average molecular weight is 272 g/mol. The molecule has 1 fully saturated rings. The Balaban J connectivity index is 1.81. The molecule has 1 aromatic rings. The maximum atomic E-state index is 6.32. The SMILES string of the molecule is CC(C)c1ccc2c(c1)C=CC1(CCN(CCN)C1)O2. The number of hydrogen-bond donors (Lipinski definition) is 1. The minimum absolute atomic E-state index is 0.137. The van der Waals surface area contributed by atoms with E-state index in [0.717, 1.165) is 31.8 Å². The van der Waals surface area contributed by atoms with Gasteiger partial charge in [-0.25, -0.2) is 0 Å². The molecule has 0 radical (unpaired) electrons. The van der Waals surface area contributed by atoms with Gasteiger partial charge in [0, 0.05) is 38.2 Å². The first kappa shape index (κ1) is 13.7. The van der Waals surface area contributed by atoms with Crippen molar-refractivity contribution in [3.05, 3.63) is 35.4 Å². The summed E-state index contributed by atoms with van der Waals surface area (Å²) in [6, 6.07) is 6.56. The van der Waals surface area contributed by atoms with Crippen LogP contribution >= 0.6 is 0 Å². The second-order valence-corrected chi connectivity index (χ2v) is 6.27. The number of nitrogens with two attached hydrogens (primary N) is 1. The van der Waals surface area contributed by atoms with E-state index in [1.165, 1.54) is 11.1 Å². The van der Waals surface area contributed by atoms with Gasteiger partial charge in [-0.1, -0.05) is 26.0 Å². The molecule has 0 aromatic heterocycles. The van der Waals surface area contributed by atoms with Crippen LogP contribution in [0.1, 0.15) is 37.3 Å². The van der Waals surface area contributed by atoms with E-state index in [-0.39, 0.29) is 5.60 Å². The molecule has 3 nitrogen and oxygen atoms in total. The Labute approximate surface area is 121 Å². The smallest absolute Gasteiger partial charge is 0.141 e. The summed E-state index contributed by atoms with van der Waals surface area (Å²) in [7, 11) is 0. The van der Waals surface area contributed by atoms with Crippen molar-refractivity contribution in [1.29, 1.82) is 0 Å². The number of likely N-dealkylation sites (tertiary alicyclic amines) is 1. The predicted molar refractivity (Wildman–Crippen MR) is 83.0 cm³/mol. The van der Waals surface area contributed by atoms with Crippen LogP contribution < -0.4 is 10.5 Å². The monoisotopic (exact) mass is 272 g/mol. The third-order valence-corrected chi connectivity index (χ3v) is 4.37. The molecular formula is C17H24N2O. The minimum atomic E-state index is -0.137. The zero-order chi connectivity index (χ0) is 14.2. The van der Waals surface area contributed by atoms with Crippen LogP contribution in [-0.2, 0) is 0 Å². The molecule has 2 heterocycles. The van der Waals surface area contributed by atoms with E-state index in [4.69, 9.17) is 10.5 Å². The van der Waals surface area contributed by atoms with Crippen molar-refractivity contribution in [2.45, 2.75) is 31.8 Å². The van der Waals surface area contributed by atoms with Gasteiger partial charge in [-0.05, 0) is 29.7 Å². The van der Waals surface area contributed by atoms with Crippen LogP contribution in [0.2, 0.25) is 0 Å². The quantitative estimate of drug-likeness (QED) is 0.919. The Bertz CT molecular complexity index is 524. The van der Waals surface area contributed by atoms with Crippen molar-refractivity contribution in [1.82, 2.24) is 4.90 Å². The van der Waals surface area contributed by atoms with E-state index in [1.54, 1.807) is 0 Å². The van der Waals surface area contributed by atoms with Gasteiger partial charge < -0.3 is 10.5 Å². The van der Waals surface area contributed by atoms with Crippen LogP contribution in [0.5, 0.6) is 5.75 Å². The standard InChI is InChI=1S/C17H24N2O/c1-13(2)14-3-4-16-15(11-14)5-6-17(20-16)7-9-19(12-17)10-8-18/h3-6,11,13H,7-10,12,18H2,1-2H3. The van der Waals surface area contributed by atoms with Gasteiger partial charge in [0.2, 0.25) is 0 Å². The number of hydrogen-bond acceptors (Lipinski definition) is 3. The lowest BCUT2D eigenvalue weighted by Gasteiger charge is -2.32. The molecule has 1 saturated heterocycles. The molecule has 3 heteroatoms. The maximum absolute atomic E-state index is 6.32. The highest BCUT2D eigenvalue weighted by atomic mass is 16.5. The molecule has 20 heavy (non-hydrogen) atoms.